The Morgan fingerprint density at radius 2 is 1.67 bits per heavy atom. The molecule has 0 unspecified atom stereocenters. The average molecular weight is 458 g/mol. The molecule has 2 amide bonds. The third-order valence-electron chi connectivity index (χ3n) is 5.62. The normalized spacial score (nSPS) is 13.1. The number of aromatic nitrogens is 3. The van der Waals surface area contributed by atoms with E-state index in [0.29, 0.717) is 21.8 Å². The van der Waals surface area contributed by atoms with Gasteiger partial charge in [0, 0.05) is 35.5 Å². The lowest BCUT2D eigenvalue weighted by Gasteiger charge is -2.10. The van der Waals surface area contributed by atoms with E-state index in [9.17, 15) is 9.59 Å². The lowest BCUT2D eigenvalue weighted by Crippen LogP contribution is -2.14. The molecule has 2 N–H and O–H groups in total. The fourth-order valence-corrected chi connectivity index (χ4v) is 4.60. The van der Waals surface area contributed by atoms with E-state index < -0.39 is 0 Å². The van der Waals surface area contributed by atoms with Crippen molar-refractivity contribution in [2.75, 3.05) is 10.6 Å². The number of carbonyl (C=O) groups excluding carboxylic acids is 2. The molecular weight excluding hydrogens is 434 g/mol. The van der Waals surface area contributed by atoms with E-state index in [1.165, 1.54) is 17.8 Å². The first kappa shape index (κ1) is 21.1. The summed E-state index contributed by atoms with van der Waals surface area (Å²) in [5, 5.41) is 16.4. The zero-order valence-electron chi connectivity index (χ0n) is 18.0. The Morgan fingerprint density at radius 1 is 0.848 bits per heavy atom. The van der Waals surface area contributed by atoms with Crippen LogP contribution in [0.5, 0.6) is 0 Å². The Hall–Kier alpha value is -3.78. The number of nitrogens with one attached hydrogen (secondary N) is 2. The van der Waals surface area contributed by atoms with Gasteiger partial charge in [-0.1, -0.05) is 30.7 Å². The van der Waals surface area contributed by atoms with Crippen LogP contribution in [0.4, 0.5) is 11.4 Å². The van der Waals surface area contributed by atoms with Gasteiger partial charge < -0.3 is 15.2 Å². The maximum absolute atomic E-state index is 12.9. The fourth-order valence-electron chi connectivity index (χ4n) is 3.98. The molecule has 5 rings (SSSR count). The summed E-state index contributed by atoms with van der Waals surface area (Å²) in [4.78, 5) is 25.8. The topological polar surface area (TPSA) is 88.9 Å². The predicted molar refractivity (Wildman–Crippen MR) is 130 cm³/mol. The number of nitrogens with zero attached hydrogens (tertiary/aromatic N) is 3. The van der Waals surface area contributed by atoms with Crippen LogP contribution in [0.15, 0.2) is 66.0 Å². The highest BCUT2D eigenvalue weighted by Gasteiger charge is 2.17. The molecule has 0 bridgehead atoms. The number of aryl methyl sites for hydroxylation is 1. The van der Waals surface area contributed by atoms with E-state index in [1.807, 2.05) is 35.7 Å². The molecule has 0 radical (unpaired) electrons. The van der Waals surface area contributed by atoms with Crippen LogP contribution in [-0.4, -0.2) is 26.6 Å². The zero-order valence-corrected chi connectivity index (χ0v) is 18.8. The number of rotatable bonds is 5. The smallest absolute Gasteiger partial charge is 0.265 e. The van der Waals surface area contributed by atoms with Crippen molar-refractivity contribution in [1.29, 1.82) is 0 Å². The van der Waals surface area contributed by atoms with Gasteiger partial charge in [0.1, 0.15) is 5.82 Å². The van der Waals surface area contributed by atoms with E-state index in [-0.39, 0.29) is 11.8 Å². The summed E-state index contributed by atoms with van der Waals surface area (Å²) in [6.45, 7) is 0.915. The Balaban J connectivity index is 1.32. The quantitative estimate of drug-likeness (QED) is 0.429. The molecule has 3 heterocycles. The van der Waals surface area contributed by atoms with Crippen molar-refractivity contribution < 1.29 is 9.59 Å². The number of hydrogen-bond acceptors (Lipinski definition) is 5. The molecule has 8 heteroatoms. The molecule has 0 spiro atoms. The highest BCUT2D eigenvalue weighted by Crippen LogP contribution is 2.25. The van der Waals surface area contributed by atoms with Gasteiger partial charge in [-0.05, 0) is 54.6 Å². The number of thiophene rings is 1. The Morgan fingerprint density at radius 3 is 2.52 bits per heavy atom. The van der Waals surface area contributed by atoms with E-state index in [0.717, 1.165) is 43.0 Å². The van der Waals surface area contributed by atoms with Crippen LogP contribution in [-0.2, 0) is 13.0 Å². The summed E-state index contributed by atoms with van der Waals surface area (Å²) >= 11 is 1.37. The maximum atomic E-state index is 12.9. The van der Waals surface area contributed by atoms with Gasteiger partial charge in [-0.3, -0.25) is 9.59 Å². The molecule has 1 aliphatic heterocycles. The third kappa shape index (κ3) is 4.70. The SMILES string of the molecule is O=C(Nc1cccc(-c2nnc3n2CCCCC3)c1)c1cccc(NC(=O)c2cccs2)c1. The maximum Gasteiger partial charge on any atom is 0.265 e. The van der Waals surface area contributed by atoms with Crippen molar-refractivity contribution in [2.24, 2.45) is 0 Å². The van der Waals surface area contributed by atoms with Gasteiger partial charge >= 0.3 is 0 Å². The summed E-state index contributed by atoms with van der Waals surface area (Å²) in [7, 11) is 0. The van der Waals surface area contributed by atoms with Crippen LogP contribution in [0, 0.1) is 0 Å². The van der Waals surface area contributed by atoms with Crippen LogP contribution in [0.2, 0.25) is 0 Å². The molecule has 0 aliphatic carbocycles. The van der Waals surface area contributed by atoms with Gasteiger partial charge in [-0.2, -0.15) is 0 Å². The summed E-state index contributed by atoms with van der Waals surface area (Å²) < 4.78 is 2.19. The first-order valence-electron chi connectivity index (χ1n) is 11.0. The van der Waals surface area contributed by atoms with Gasteiger partial charge in [-0.25, -0.2) is 0 Å². The molecule has 2 aromatic heterocycles. The standard InChI is InChI=1S/C25H23N5O2S/c31-24(18-8-5-10-20(16-18)27-25(32)21-11-6-14-33-21)26-19-9-4-7-17(15-19)23-29-28-22-12-2-1-3-13-30(22)23/h4-11,14-16H,1-3,12-13H2,(H,26,31)(H,27,32). The van der Waals surface area contributed by atoms with Crippen molar-refractivity contribution >= 4 is 34.5 Å². The minimum absolute atomic E-state index is 0.192. The van der Waals surface area contributed by atoms with Crippen LogP contribution < -0.4 is 10.6 Å². The summed E-state index contributed by atoms with van der Waals surface area (Å²) in [5.41, 5.74) is 2.63. The Labute approximate surface area is 195 Å². The highest BCUT2D eigenvalue weighted by atomic mass is 32.1. The van der Waals surface area contributed by atoms with Gasteiger partial charge in [0.25, 0.3) is 11.8 Å². The molecule has 0 saturated heterocycles. The Kier molecular flexibility index (Phi) is 5.99. The van der Waals surface area contributed by atoms with Crippen molar-refractivity contribution in [1.82, 2.24) is 14.8 Å². The lowest BCUT2D eigenvalue weighted by molar-refractivity contribution is 0.101. The first-order chi connectivity index (χ1) is 16.2. The number of carbonyl (C=O) groups is 2. The van der Waals surface area contributed by atoms with E-state index in [1.54, 1.807) is 30.3 Å². The number of benzene rings is 2. The fraction of sp³-hybridized carbons (Fsp3) is 0.200. The average Bonchev–Trinajstić information content (AvgIpc) is 3.45. The molecule has 166 valence electrons. The van der Waals surface area contributed by atoms with E-state index in [4.69, 9.17) is 0 Å². The molecule has 2 aromatic carbocycles. The van der Waals surface area contributed by atoms with Crippen molar-refractivity contribution in [2.45, 2.75) is 32.2 Å². The van der Waals surface area contributed by atoms with Gasteiger partial charge in [0.2, 0.25) is 0 Å². The summed E-state index contributed by atoms with van der Waals surface area (Å²) in [5.74, 6) is 1.42. The minimum atomic E-state index is -0.251. The van der Waals surface area contributed by atoms with Crippen LogP contribution in [0.25, 0.3) is 11.4 Å². The molecule has 0 atom stereocenters. The predicted octanol–water partition coefficient (Wildman–Crippen LogP) is 5.24. The van der Waals surface area contributed by atoms with Crippen molar-refractivity contribution in [3.63, 3.8) is 0 Å². The summed E-state index contributed by atoms with van der Waals surface area (Å²) in [6, 6.07) is 18.2. The second-order valence-electron chi connectivity index (χ2n) is 7.95. The van der Waals surface area contributed by atoms with Crippen LogP contribution >= 0.6 is 11.3 Å². The summed E-state index contributed by atoms with van der Waals surface area (Å²) in [6.07, 6.45) is 4.41. The van der Waals surface area contributed by atoms with E-state index in [2.05, 4.69) is 25.4 Å². The minimum Gasteiger partial charge on any atom is -0.322 e. The molecule has 0 fully saturated rings. The molecular formula is C25H23N5O2S. The number of fused-ring (bicyclic) bond motifs is 1. The molecule has 1 aliphatic rings. The molecule has 4 aromatic rings. The number of amides is 2. The van der Waals surface area contributed by atoms with E-state index >= 15 is 0 Å². The number of hydrogen-bond donors (Lipinski definition) is 2. The van der Waals surface area contributed by atoms with Gasteiger partial charge in [0.15, 0.2) is 5.82 Å². The van der Waals surface area contributed by atoms with Gasteiger partial charge in [0.05, 0.1) is 4.88 Å². The second kappa shape index (κ2) is 9.38. The number of anilines is 2. The molecule has 7 nitrogen and oxygen atoms in total. The largest absolute Gasteiger partial charge is 0.322 e. The van der Waals surface area contributed by atoms with Crippen LogP contribution in [0.3, 0.4) is 0 Å². The lowest BCUT2D eigenvalue weighted by atomic mass is 10.1. The molecule has 33 heavy (non-hydrogen) atoms. The van der Waals surface area contributed by atoms with Crippen LogP contribution in [0.1, 0.15) is 45.1 Å². The van der Waals surface area contributed by atoms with Gasteiger partial charge in [-0.15, -0.1) is 21.5 Å². The third-order valence-corrected chi connectivity index (χ3v) is 6.48. The second-order valence-corrected chi connectivity index (χ2v) is 8.90. The molecule has 0 saturated carbocycles. The monoisotopic (exact) mass is 457 g/mol. The highest BCUT2D eigenvalue weighted by molar-refractivity contribution is 7.12. The zero-order chi connectivity index (χ0) is 22.6. The van der Waals surface area contributed by atoms with Crippen molar-refractivity contribution in [3.8, 4) is 11.4 Å². The first-order valence-corrected chi connectivity index (χ1v) is 11.8. The Bertz CT molecular complexity index is 1300. The van der Waals surface area contributed by atoms with Crippen molar-refractivity contribution in [3.05, 3.63) is 82.3 Å².